The van der Waals surface area contributed by atoms with E-state index >= 15 is 0 Å². The van der Waals surface area contributed by atoms with Crippen molar-refractivity contribution >= 4 is 11.9 Å². The summed E-state index contributed by atoms with van der Waals surface area (Å²) in [4.78, 5) is 25.1. The Morgan fingerprint density at radius 3 is 2.21 bits per heavy atom. The van der Waals surface area contributed by atoms with Gasteiger partial charge in [0.1, 0.15) is 0 Å². The van der Waals surface area contributed by atoms with Crippen LogP contribution in [0.15, 0.2) is 0 Å². The zero-order chi connectivity index (χ0) is 17.0. The van der Waals surface area contributed by atoms with Crippen LogP contribution in [-0.2, 0) is 23.8 Å². The summed E-state index contributed by atoms with van der Waals surface area (Å²) < 4.78 is 16.5. The number of rotatable bonds is 4. The number of fused-ring (bicyclic) bond motifs is 4. The Labute approximate surface area is 143 Å². The molecule has 5 heteroatoms. The van der Waals surface area contributed by atoms with Gasteiger partial charge in [0.2, 0.25) is 0 Å². The van der Waals surface area contributed by atoms with Crippen LogP contribution in [0.2, 0.25) is 0 Å². The van der Waals surface area contributed by atoms with Crippen molar-refractivity contribution in [1.29, 1.82) is 0 Å². The Morgan fingerprint density at radius 1 is 1.00 bits per heavy atom. The maximum absolute atomic E-state index is 12.8. The second-order valence-corrected chi connectivity index (χ2v) is 8.36. The predicted octanol–water partition coefficient (Wildman–Crippen LogP) is 2.42. The zero-order valence-corrected chi connectivity index (χ0v) is 14.8. The molecule has 2 heterocycles. The number of esters is 2. The van der Waals surface area contributed by atoms with Crippen molar-refractivity contribution in [2.24, 2.45) is 41.4 Å². The third-order valence-corrected chi connectivity index (χ3v) is 7.45. The number of carbonyl (C=O) groups is 2. The van der Waals surface area contributed by atoms with E-state index < -0.39 is 0 Å². The largest absolute Gasteiger partial charge is 0.469 e. The highest BCUT2D eigenvalue weighted by Gasteiger charge is 2.60. The molecule has 4 aliphatic rings. The van der Waals surface area contributed by atoms with Gasteiger partial charge in [-0.15, -0.1) is 0 Å². The van der Waals surface area contributed by atoms with E-state index in [0.717, 1.165) is 25.7 Å². The lowest BCUT2D eigenvalue weighted by Gasteiger charge is -2.35. The molecule has 4 rings (SSSR count). The maximum Gasteiger partial charge on any atom is 0.310 e. The lowest BCUT2D eigenvalue weighted by Crippen LogP contribution is -2.42. The summed E-state index contributed by atoms with van der Waals surface area (Å²) in [6.07, 6.45) is 4.80. The Balaban J connectivity index is 1.43. The highest BCUT2D eigenvalue weighted by molar-refractivity contribution is 5.83. The van der Waals surface area contributed by atoms with E-state index in [-0.39, 0.29) is 41.7 Å². The molecule has 9 atom stereocenters. The normalized spacial score (nSPS) is 48.7. The van der Waals surface area contributed by atoms with Gasteiger partial charge in [-0.2, -0.15) is 0 Å². The highest BCUT2D eigenvalue weighted by atomic mass is 16.5. The van der Waals surface area contributed by atoms with E-state index in [1.165, 1.54) is 7.11 Å². The van der Waals surface area contributed by atoms with Gasteiger partial charge in [0, 0.05) is 5.92 Å². The topological polar surface area (TPSA) is 61.8 Å². The van der Waals surface area contributed by atoms with Gasteiger partial charge in [-0.3, -0.25) is 9.59 Å². The van der Waals surface area contributed by atoms with Crippen LogP contribution in [0.25, 0.3) is 0 Å². The monoisotopic (exact) mass is 336 g/mol. The highest BCUT2D eigenvalue weighted by Crippen LogP contribution is 2.58. The molecule has 134 valence electrons. The van der Waals surface area contributed by atoms with Crippen molar-refractivity contribution in [3.8, 4) is 0 Å². The minimum absolute atomic E-state index is 0.195. The summed E-state index contributed by atoms with van der Waals surface area (Å²) in [6, 6.07) is 0. The van der Waals surface area contributed by atoms with Crippen LogP contribution < -0.4 is 0 Å². The van der Waals surface area contributed by atoms with Crippen LogP contribution in [0.3, 0.4) is 0 Å². The number of hydrogen-bond acceptors (Lipinski definition) is 5. The molecule has 2 saturated carbocycles. The van der Waals surface area contributed by atoms with Crippen molar-refractivity contribution in [3.63, 3.8) is 0 Å². The van der Waals surface area contributed by atoms with Crippen molar-refractivity contribution in [2.75, 3.05) is 13.7 Å². The minimum Gasteiger partial charge on any atom is -0.469 e. The molecule has 0 N–H and O–H groups in total. The van der Waals surface area contributed by atoms with Gasteiger partial charge in [0.25, 0.3) is 0 Å². The van der Waals surface area contributed by atoms with E-state index in [2.05, 4.69) is 13.8 Å². The first-order valence-electron chi connectivity index (χ1n) is 9.41. The summed E-state index contributed by atoms with van der Waals surface area (Å²) in [5, 5.41) is 0. The molecule has 2 saturated heterocycles. The Hall–Kier alpha value is -1.10. The summed E-state index contributed by atoms with van der Waals surface area (Å²) in [5.41, 5.74) is 0. The van der Waals surface area contributed by atoms with Crippen molar-refractivity contribution < 1.29 is 23.8 Å². The molecule has 24 heavy (non-hydrogen) atoms. The van der Waals surface area contributed by atoms with Gasteiger partial charge in [-0.25, -0.2) is 0 Å². The fourth-order valence-corrected chi connectivity index (χ4v) is 5.99. The molecule has 0 spiro atoms. The number of ether oxygens (including phenoxy) is 3. The summed E-state index contributed by atoms with van der Waals surface area (Å²) in [5.74, 6) is 0.660. The molecule has 4 fully saturated rings. The lowest BCUT2D eigenvalue weighted by atomic mass is 9.69. The minimum atomic E-state index is -0.326. The third kappa shape index (κ3) is 2.39. The van der Waals surface area contributed by atoms with Crippen LogP contribution in [0.5, 0.6) is 0 Å². The van der Waals surface area contributed by atoms with Gasteiger partial charge >= 0.3 is 11.9 Å². The standard InChI is InChI=1S/C19H28O5/c1-9-10(2)14-7-13(9)16(18(20)22-3)17(14)19(21)23-8-11-6-12-4-5-15(11)24-12/h9-17H,4-8H2,1-3H3. The molecule has 5 nitrogen and oxygen atoms in total. The average Bonchev–Trinajstić information content (AvgIpc) is 3.33. The molecule has 4 bridgehead atoms. The number of methoxy groups -OCH3 is 1. The second-order valence-electron chi connectivity index (χ2n) is 8.36. The van der Waals surface area contributed by atoms with Gasteiger partial charge in [0.05, 0.1) is 37.8 Å². The summed E-state index contributed by atoms with van der Waals surface area (Å²) in [6.45, 7) is 4.83. The number of hydrogen-bond donors (Lipinski definition) is 0. The van der Waals surface area contributed by atoms with E-state index in [9.17, 15) is 9.59 Å². The molecule has 0 aromatic heterocycles. The Bertz CT molecular complexity index is 532. The molecule has 0 radical (unpaired) electrons. The fourth-order valence-electron chi connectivity index (χ4n) is 5.99. The average molecular weight is 336 g/mol. The van der Waals surface area contributed by atoms with Crippen LogP contribution >= 0.6 is 0 Å². The molecule has 0 amide bonds. The molecule has 2 aliphatic heterocycles. The van der Waals surface area contributed by atoms with Crippen molar-refractivity contribution in [2.45, 2.75) is 51.7 Å². The third-order valence-electron chi connectivity index (χ3n) is 7.45. The van der Waals surface area contributed by atoms with E-state index in [0.29, 0.717) is 30.5 Å². The fraction of sp³-hybridized carbons (Fsp3) is 0.895. The van der Waals surface area contributed by atoms with Gasteiger partial charge in [-0.05, 0) is 49.4 Å². The van der Waals surface area contributed by atoms with E-state index in [4.69, 9.17) is 14.2 Å². The zero-order valence-electron chi connectivity index (χ0n) is 14.8. The summed E-state index contributed by atoms with van der Waals surface area (Å²) >= 11 is 0. The summed E-state index contributed by atoms with van der Waals surface area (Å²) in [7, 11) is 1.41. The van der Waals surface area contributed by atoms with Crippen molar-refractivity contribution in [1.82, 2.24) is 0 Å². The lowest BCUT2D eigenvalue weighted by molar-refractivity contribution is -0.165. The second kappa shape index (κ2) is 6.01. The molecular formula is C19H28O5. The van der Waals surface area contributed by atoms with Gasteiger partial charge in [0.15, 0.2) is 0 Å². The smallest absolute Gasteiger partial charge is 0.310 e. The van der Waals surface area contributed by atoms with Crippen LogP contribution in [0, 0.1) is 41.4 Å². The maximum atomic E-state index is 12.8. The Morgan fingerprint density at radius 2 is 1.67 bits per heavy atom. The van der Waals surface area contributed by atoms with Crippen LogP contribution in [0.1, 0.15) is 39.5 Å². The van der Waals surface area contributed by atoms with Gasteiger partial charge in [-0.1, -0.05) is 13.8 Å². The molecule has 0 aromatic rings. The number of carbonyl (C=O) groups excluding carboxylic acids is 2. The first-order chi connectivity index (χ1) is 11.5. The first-order valence-corrected chi connectivity index (χ1v) is 9.41. The molecule has 0 aromatic carbocycles. The van der Waals surface area contributed by atoms with Crippen LogP contribution in [-0.4, -0.2) is 37.9 Å². The molecule has 9 unspecified atom stereocenters. The quantitative estimate of drug-likeness (QED) is 0.738. The van der Waals surface area contributed by atoms with Gasteiger partial charge < -0.3 is 14.2 Å². The Kier molecular flexibility index (Phi) is 4.10. The SMILES string of the molecule is COC(=O)C1C2CC(C(C)C2C)C1C(=O)OCC1CC2CCC1O2. The van der Waals surface area contributed by atoms with Crippen molar-refractivity contribution in [3.05, 3.63) is 0 Å². The molecule has 2 aliphatic carbocycles. The molecular weight excluding hydrogens is 308 g/mol. The van der Waals surface area contributed by atoms with E-state index in [1.807, 2.05) is 0 Å². The van der Waals surface area contributed by atoms with Crippen LogP contribution in [0.4, 0.5) is 0 Å². The van der Waals surface area contributed by atoms with E-state index in [1.54, 1.807) is 0 Å². The first kappa shape index (κ1) is 16.4. The predicted molar refractivity (Wildman–Crippen MR) is 85.9 cm³/mol.